The molecule has 2 amide bonds. The van der Waals surface area contributed by atoms with Crippen LogP contribution in [0.25, 0.3) is 0 Å². The fourth-order valence-electron chi connectivity index (χ4n) is 2.51. The lowest BCUT2D eigenvalue weighted by Gasteiger charge is -2.32. The van der Waals surface area contributed by atoms with Crippen LogP contribution in [0.3, 0.4) is 0 Å². The Kier molecular flexibility index (Phi) is 3.59. The Labute approximate surface area is 125 Å². The van der Waals surface area contributed by atoms with E-state index < -0.39 is 17.8 Å². The first kappa shape index (κ1) is 13.9. The van der Waals surface area contributed by atoms with Gasteiger partial charge in [0.25, 0.3) is 0 Å². The Hall–Kier alpha value is -2.02. The van der Waals surface area contributed by atoms with E-state index in [9.17, 15) is 14.4 Å². The second kappa shape index (κ2) is 5.40. The van der Waals surface area contributed by atoms with Gasteiger partial charge in [0, 0.05) is 10.6 Å². The quantitative estimate of drug-likeness (QED) is 0.791. The summed E-state index contributed by atoms with van der Waals surface area (Å²) in [4.78, 5) is 35.3. The average molecular weight is 306 g/mol. The molecule has 21 heavy (non-hydrogen) atoms. The molecule has 7 heteroatoms. The number of carboxylic acid groups (broad SMARTS) is 1. The van der Waals surface area contributed by atoms with Gasteiger partial charge < -0.3 is 15.7 Å². The molecular weight excluding hydrogens is 292 g/mol. The number of carbonyl (C=O) groups is 3. The van der Waals surface area contributed by atoms with E-state index in [1.165, 1.54) is 11.8 Å². The molecule has 1 aliphatic heterocycles. The van der Waals surface area contributed by atoms with E-state index >= 15 is 0 Å². The molecule has 1 saturated carbocycles. The first-order valence-corrected chi connectivity index (χ1v) is 7.63. The van der Waals surface area contributed by atoms with Crippen molar-refractivity contribution in [3.05, 3.63) is 18.2 Å². The van der Waals surface area contributed by atoms with Crippen molar-refractivity contribution in [2.24, 2.45) is 11.8 Å². The highest BCUT2D eigenvalue weighted by Gasteiger charge is 2.41. The van der Waals surface area contributed by atoms with Gasteiger partial charge in [0.1, 0.15) is 0 Å². The minimum absolute atomic E-state index is 0.0686. The fourth-order valence-corrected chi connectivity index (χ4v) is 3.29. The molecule has 2 atom stereocenters. The lowest BCUT2D eigenvalue weighted by molar-refractivity contribution is -0.151. The number of hydrogen-bond donors (Lipinski definition) is 3. The van der Waals surface area contributed by atoms with Crippen LogP contribution in [0.4, 0.5) is 11.4 Å². The van der Waals surface area contributed by atoms with Gasteiger partial charge in [-0.3, -0.25) is 14.4 Å². The van der Waals surface area contributed by atoms with E-state index in [1.807, 2.05) is 6.07 Å². The Morgan fingerprint density at radius 1 is 1.29 bits per heavy atom. The standard InChI is InChI=1S/C14H14N2O4S/c17-12-6-21-11-4-1-7(5-10(11)16-12)15-13(18)8-2-3-9(8)14(19)20/h1,4-5,8-9H,2-3,6H2,(H,15,18)(H,16,17)(H,19,20)/t8-,9+/m1/s1. The Morgan fingerprint density at radius 2 is 2.05 bits per heavy atom. The number of nitrogens with one attached hydrogen (secondary N) is 2. The normalized spacial score (nSPS) is 23.5. The van der Waals surface area contributed by atoms with Crippen molar-refractivity contribution >= 4 is 40.9 Å². The van der Waals surface area contributed by atoms with Crippen LogP contribution in [0.5, 0.6) is 0 Å². The molecule has 2 aliphatic rings. The third kappa shape index (κ3) is 2.73. The molecule has 1 heterocycles. The zero-order valence-electron chi connectivity index (χ0n) is 11.1. The van der Waals surface area contributed by atoms with Crippen LogP contribution in [-0.2, 0) is 14.4 Å². The highest BCUT2D eigenvalue weighted by Crippen LogP contribution is 2.37. The molecule has 0 unspecified atom stereocenters. The van der Waals surface area contributed by atoms with E-state index in [4.69, 9.17) is 5.11 Å². The monoisotopic (exact) mass is 306 g/mol. The number of carboxylic acids is 1. The summed E-state index contributed by atoms with van der Waals surface area (Å²) in [7, 11) is 0. The van der Waals surface area contributed by atoms with Crippen LogP contribution >= 0.6 is 11.8 Å². The van der Waals surface area contributed by atoms with E-state index in [1.54, 1.807) is 12.1 Å². The van der Waals surface area contributed by atoms with Crippen molar-refractivity contribution in [1.29, 1.82) is 0 Å². The van der Waals surface area contributed by atoms with Gasteiger partial charge in [-0.25, -0.2) is 0 Å². The summed E-state index contributed by atoms with van der Waals surface area (Å²) in [5.74, 6) is -1.93. The topological polar surface area (TPSA) is 95.5 Å². The summed E-state index contributed by atoms with van der Waals surface area (Å²) >= 11 is 1.45. The molecule has 1 fully saturated rings. The summed E-state index contributed by atoms with van der Waals surface area (Å²) in [5.41, 5.74) is 1.25. The maximum absolute atomic E-state index is 12.1. The minimum Gasteiger partial charge on any atom is -0.481 e. The molecule has 0 spiro atoms. The molecule has 0 radical (unpaired) electrons. The number of rotatable bonds is 3. The maximum atomic E-state index is 12.1. The summed E-state index contributed by atoms with van der Waals surface area (Å²) in [6.45, 7) is 0. The third-order valence-electron chi connectivity index (χ3n) is 3.81. The van der Waals surface area contributed by atoms with Crippen molar-refractivity contribution in [3.63, 3.8) is 0 Å². The summed E-state index contributed by atoms with van der Waals surface area (Å²) in [5, 5.41) is 14.5. The molecule has 1 aromatic rings. The van der Waals surface area contributed by atoms with Gasteiger partial charge in [0.15, 0.2) is 0 Å². The molecule has 0 aromatic heterocycles. The summed E-state index contributed by atoms with van der Waals surface area (Å²) in [6.07, 6.45) is 1.14. The van der Waals surface area contributed by atoms with E-state index in [-0.39, 0.29) is 11.8 Å². The van der Waals surface area contributed by atoms with Crippen molar-refractivity contribution in [1.82, 2.24) is 0 Å². The van der Waals surface area contributed by atoms with Crippen LogP contribution in [0.15, 0.2) is 23.1 Å². The molecule has 0 saturated heterocycles. The van der Waals surface area contributed by atoms with Crippen LogP contribution in [0.1, 0.15) is 12.8 Å². The smallest absolute Gasteiger partial charge is 0.307 e. The Balaban J connectivity index is 1.71. The molecule has 110 valence electrons. The zero-order chi connectivity index (χ0) is 15.0. The van der Waals surface area contributed by atoms with Gasteiger partial charge in [-0.15, -0.1) is 11.8 Å². The number of benzene rings is 1. The summed E-state index contributed by atoms with van der Waals surface area (Å²) < 4.78 is 0. The van der Waals surface area contributed by atoms with Crippen molar-refractivity contribution in [2.75, 3.05) is 16.4 Å². The zero-order valence-corrected chi connectivity index (χ0v) is 11.9. The second-order valence-electron chi connectivity index (χ2n) is 5.17. The van der Waals surface area contributed by atoms with Gasteiger partial charge >= 0.3 is 5.97 Å². The van der Waals surface area contributed by atoms with Gasteiger partial charge in [-0.2, -0.15) is 0 Å². The summed E-state index contributed by atoms with van der Waals surface area (Å²) in [6, 6.07) is 5.30. The van der Waals surface area contributed by atoms with Crippen molar-refractivity contribution in [3.8, 4) is 0 Å². The SMILES string of the molecule is O=C1CSc2ccc(NC(=O)[C@@H]3CC[C@@H]3C(=O)O)cc2N1. The number of hydrogen-bond acceptors (Lipinski definition) is 4. The van der Waals surface area contributed by atoms with Gasteiger partial charge in [-0.1, -0.05) is 0 Å². The lowest BCUT2D eigenvalue weighted by atomic mass is 9.73. The number of amides is 2. The van der Waals surface area contributed by atoms with Gasteiger partial charge in [0.05, 0.1) is 23.3 Å². The third-order valence-corrected chi connectivity index (χ3v) is 4.88. The molecule has 1 aromatic carbocycles. The minimum atomic E-state index is -0.921. The Morgan fingerprint density at radius 3 is 2.71 bits per heavy atom. The first-order valence-electron chi connectivity index (χ1n) is 6.65. The highest BCUT2D eigenvalue weighted by atomic mass is 32.2. The molecular formula is C14H14N2O4S. The predicted octanol–water partition coefficient (Wildman–Crippen LogP) is 1.78. The van der Waals surface area contributed by atoms with E-state index in [2.05, 4.69) is 10.6 Å². The first-order chi connectivity index (χ1) is 10.0. The average Bonchev–Trinajstić information content (AvgIpc) is 2.35. The van der Waals surface area contributed by atoms with Crippen molar-refractivity contribution < 1.29 is 19.5 Å². The number of fused-ring (bicyclic) bond motifs is 1. The molecule has 3 N–H and O–H groups in total. The van der Waals surface area contributed by atoms with Crippen LogP contribution < -0.4 is 10.6 Å². The predicted molar refractivity (Wildman–Crippen MR) is 78.3 cm³/mol. The van der Waals surface area contributed by atoms with Crippen LogP contribution in [-0.4, -0.2) is 28.6 Å². The highest BCUT2D eigenvalue weighted by molar-refractivity contribution is 8.00. The van der Waals surface area contributed by atoms with Crippen LogP contribution in [0.2, 0.25) is 0 Å². The molecule has 6 nitrogen and oxygen atoms in total. The number of thioether (sulfide) groups is 1. The largest absolute Gasteiger partial charge is 0.481 e. The molecule has 1 aliphatic carbocycles. The van der Waals surface area contributed by atoms with E-state index in [0.29, 0.717) is 30.0 Å². The van der Waals surface area contributed by atoms with Gasteiger partial charge in [0.2, 0.25) is 11.8 Å². The molecule has 0 bridgehead atoms. The lowest BCUT2D eigenvalue weighted by Crippen LogP contribution is -2.41. The number of anilines is 2. The fraction of sp³-hybridized carbons (Fsp3) is 0.357. The second-order valence-corrected chi connectivity index (χ2v) is 6.18. The van der Waals surface area contributed by atoms with Gasteiger partial charge in [-0.05, 0) is 31.0 Å². The maximum Gasteiger partial charge on any atom is 0.307 e. The van der Waals surface area contributed by atoms with Crippen molar-refractivity contribution in [2.45, 2.75) is 17.7 Å². The van der Waals surface area contributed by atoms with E-state index in [0.717, 1.165) is 4.90 Å². The van der Waals surface area contributed by atoms with Crippen LogP contribution in [0, 0.1) is 11.8 Å². The molecule has 3 rings (SSSR count). The number of aliphatic carboxylic acids is 1. The number of carbonyl (C=O) groups excluding carboxylic acids is 2. The Bertz CT molecular complexity index is 631.